The predicted octanol–water partition coefficient (Wildman–Crippen LogP) is 2.57. The van der Waals surface area contributed by atoms with Gasteiger partial charge in [0.15, 0.2) is 0 Å². The van der Waals surface area contributed by atoms with E-state index in [0.717, 1.165) is 3.97 Å². The molecule has 1 fully saturated rings. The molecule has 0 aliphatic carbocycles. The lowest BCUT2D eigenvalue weighted by molar-refractivity contribution is 0.00578. The lowest BCUT2D eigenvalue weighted by Crippen LogP contribution is -2.41. The Hall–Kier alpha value is -1.68. The average molecular weight is 425 g/mol. The highest BCUT2D eigenvalue weighted by atomic mass is 35.5. The molecule has 0 bridgehead atoms. The summed E-state index contributed by atoms with van der Waals surface area (Å²) in [7, 11) is 2.24. The van der Waals surface area contributed by atoms with Gasteiger partial charge in [0.05, 0.1) is 36.0 Å². The number of thiol groups is 1. The maximum absolute atomic E-state index is 12.7. The molecule has 2 heterocycles. The molecule has 0 N–H and O–H groups in total. The highest BCUT2D eigenvalue weighted by molar-refractivity contribution is 7.78. The Morgan fingerprint density at radius 3 is 2.29 bits per heavy atom. The van der Waals surface area contributed by atoms with Gasteiger partial charge in [-0.25, -0.2) is 4.98 Å². The average Bonchev–Trinajstić information content (AvgIpc) is 2.85. The van der Waals surface area contributed by atoms with Crippen molar-refractivity contribution in [3.8, 4) is 22.8 Å². The van der Waals surface area contributed by atoms with Crippen LogP contribution in [0.3, 0.4) is 0 Å². The second-order valence-electron chi connectivity index (χ2n) is 7.44. The van der Waals surface area contributed by atoms with Crippen LogP contribution in [0, 0.1) is 0 Å². The van der Waals surface area contributed by atoms with E-state index in [2.05, 4.69) is 17.8 Å². The Labute approximate surface area is 174 Å². The zero-order chi connectivity index (χ0) is 20.9. The standard InChI is InChI=1S/C18H22BClN2O5S/c1-17(2)18(3,4)27-19(26-17)13-9-22(28)16(23)15(21-13)11-7-10(24-5)8-12(25-6)14(11)20/h7-9,28H,1-6H3. The molecule has 10 heteroatoms. The molecule has 2 aromatic rings. The molecule has 7 nitrogen and oxygen atoms in total. The summed E-state index contributed by atoms with van der Waals surface area (Å²) in [5, 5.41) is 0.243. The summed E-state index contributed by atoms with van der Waals surface area (Å²) in [4.78, 5) is 17.2. The lowest BCUT2D eigenvalue weighted by atomic mass is 9.85. The van der Waals surface area contributed by atoms with Gasteiger partial charge >= 0.3 is 7.12 Å². The van der Waals surface area contributed by atoms with Crippen molar-refractivity contribution in [2.45, 2.75) is 38.9 Å². The molecule has 0 radical (unpaired) electrons. The SMILES string of the molecule is COc1cc(OC)c(Cl)c(-c2nc(B3OC(C)(C)C(C)(C)O3)cn(S)c2=O)c1. The first-order chi connectivity index (χ1) is 13.0. The molecule has 1 saturated heterocycles. The van der Waals surface area contributed by atoms with E-state index in [1.54, 1.807) is 12.1 Å². The molecule has 28 heavy (non-hydrogen) atoms. The van der Waals surface area contributed by atoms with Gasteiger partial charge in [0.2, 0.25) is 0 Å². The fraction of sp³-hybridized carbons (Fsp3) is 0.444. The van der Waals surface area contributed by atoms with Gasteiger partial charge in [-0.3, -0.25) is 8.77 Å². The second kappa shape index (κ2) is 7.29. The number of methoxy groups -OCH3 is 2. The predicted molar refractivity (Wildman–Crippen MR) is 112 cm³/mol. The van der Waals surface area contributed by atoms with E-state index in [-0.39, 0.29) is 10.7 Å². The zero-order valence-corrected chi connectivity index (χ0v) is 18.2. The van der Waals surface area contributed by atoms with Gasteiger partial charge in [-0.05, 0) is 33.8 Å². The van der Waals surface area contributed by atoms with Crippen LogP contribution in [0.15, 0.2) is 23.1 Å². The van der Waals surface area contributed by atoms with Crippen molar-refractivity contribution < 1.29 is 18.8 Å². The Kier molecular flexibility index (Phi) is 5.48. The van der Waals surface area contributed by atoms with E-state index in [1.807, 2.05) is 27.7 Å². The molecule has 1 aromatic heterocycles. The van der Waals surface area contributed by atoms with Crippen molar-refractivity contribution in [1.82, 2.24) is 8.96 Å². The Balaban J connectivity index is 2.16. The summed E-state index contributed by atoms with van der Waals surface area (Å²) in [5.74, 6) is 0.841. The van der Waals surface area contributed by atoms with Gasteiger partial charge in [-0.15, -0.1) is 0 Å². The maximum Gasteiger partial charge on any atom is 0.516 e. The minimum absolute atomic E-state index is 0.0874. The van der Waals surface area contributed by atoms with E-state index in [4.69, 9.17) is 30.4 Å². The minimum Gasteiger partial charge on any atom is -0.497 e. The van der Waals surface area contributed by atoms with Crippen LogP contribution in [0.2, 0.25) is 5.02 Å². The van der Waals surface area contributed by atoms with Crippen LogP contribution in [0.25, 0.3) is 11.3 Å². The summed E-state index contributed by atoms with van der Waals surface area (Å²) in [6, 6.07) is 3.25. The number of benzene rings is 1. The molecule has 1 aromatic carbocycles. The van der Waals surface area contributed by atoms with Crippen LogP contribution in [-0.4, -0.2) is 41.5 Å². The summed E-state index contributed by atoms with van der Waals surface area (Å²) >= 11 is 10.7. The van der Waals surface area contributed by atoms with Crippen LogP contribution in [0.4, 0.5) is 0 Å². The topological polar surface area (TPSA) is 71.8 Å². The molecule has 0 saturated carbocycles. The van der Waals surface area contributed by atoms with Gasteiger partial charge in [-0.1, -0.05) is 24.4 Å². The second-order valence-corrected chi connectivity index (χ2v) is 8.25. The van der Waals surface area contributed by atoms with Crippen LogP contribution >= 0.6 is 24.4 Å². The first kappa shape index (κ1) is 21.0. The van der Waals surface area contributed by atoms with Crippen LogP contribution in [-0.2, 0) is 9.31 Å². The van der Waals surface area contributed by atoms with Crippen molar-refractivity contribution in [2.24, 2.45) is 0 Å². The van der Waals surface area contributed by atoms with Gasteiger partial charge in [0.25, 0.3) is 5.56 Å². The van der Waals surface area contributed by atoms with E-state index in [1.165, 1.54) is 20.4 Å². The van der Waals surface area contributed by atoms with Crippen molar-refractivity contribution in [3.63, 3.8) is 0 Å². The molecule has 0 amide bonds. The maximum atomic E-state index is 12.7. The smallest absolute Gasteiger partial charge is 0.497 e. The first-order valence-corrected chi connectivity index (χ1v) is 9.39. The molecule has 0 spiro atoms. The Morgan fingerprint density at radius 2 is 1.75 bits per heavy atom. The van der Waals surface area contributed by atoms with E-state index >= 15 is 0 Å². The highest BCUT2D eigenvalue weighted by Crippen LogP contribution is 2.38. The van der Waals surface area contributed by atoms with Gasteiger partial charge in [0.1, 0.15) is 17.2 Å². The van der Waals surface area contributed by atoms with E-state index < -0.39 is 23.9 Å². The summed E-state index contributed by atoms with van der Waals surface area (Å²) in [5.41, 5.74) is -0.683. The Morgan fingerprint density at radius 1 is 1.14 bits per heavy atom. The van der Waals surface area contributed by atoms with Crippen molar-refractivity contribution in [1.29, 1.82) is 0 Å². The lowest BCUT2D eigenvalue weighted by Gasteiger charge is -2.32. The molecule has 1 aliphatic heterocycles. The van der Waals surface area contributed by atoms with Crippen LogP contribution in [0.5, 0.6) is 11.5 Å². The zero-order valence-electron chi connectivity index (χ0n) is 16.6. The van der Waals surface area contributed by atoms with Crippen molar-refractivity contribution in [3.05, 3.63) is 33.7 Å². The quantitative estimate of drug-likeness (QED) is 0.601. The third-order valence-electron chi connectivity index (χ3n) is 5.12. The van der Waals surface area contributed by atoms with Gasteiger partial charge in [0, 0.05) is 17.8 Å². The number of hydrogen-bond acceptors (Lipinski definition) is 7. The third kappa shape index (κ3) is 3.52. The number of rotatable bonds is 4. The normalized spacial score (nSPS) is 17.6. The van der Waals surface area contributed by atoms with Gasteiger partial charge in [-0.2, -0.15) is 0 Å². The minimum atomic E-state index is -0.756. The third-order valence-corrected chi connectivity index (χ3v) is 5.81. The summed E-state index contributed by atoms with van der Waals surface area (Å²) in [6.07, 6.45) is 1.47. The fourth-order valence-corrected chi connectivity index (χ4v) is 3.25. The van der Waals surface area contributed by atoms with Crippen LogP contribution < -0.4 is 20.6 Å². The molecule has 150 valence electrons. The molecule has 1 aliphatic rings. The van der Waals surface area contributed by atoms with Gasteiger partial charge < -0.3 is 18.8 Å². The van der Waals surface area contributed by atoms with Crippen LogP contribution in [0.1, 0.15) is 27.7 Å². The number of nitrogens with zero attached hydrogens (tertiary/aromatic N) is 2. The monoisotopic (exact) mass is 424 g/mol. The largest absolute Gasteiger partial charge is 0.516 e. The van der Waals surface area contributed by atoms with E-state index in [9.17, 15) is 4.79 Å². The Bertz CT molecular complexity index is 963. The number of halogens is 1. The first-order valence-electron chi connectivity index (χ1n) is 8.61. The van der Waals surface area contributed by atoms with Crippen molar-refractivity contribution >= 4 is 37.1 Å². The molecular formula is C18H22BClN2O5S. The summed E-state index contributed by atoms with van der Waals surface area (Å²) < 4.78 is 23.8. The molecular weight excluding hydrogens is 403 g/mol. The van der Waals surface area contributed by atoms with Crippen molar-refractivity contribution in [2.75, 3.05) is 14.2 Å². The number of ether oxygens (including phenoxy) is 2. The highest BCUT2D eigenvalue weighted by Gasteiger charge is 2.52. The fourth-order valence-electron chi connectivity index (χ4n) is 2.76. The number of aromatic nitrogens is 2. The summed E-state index contributed by atoms with van der Waals surface area (Å²) in [6.45, 7) is 7.76. The molecule has 0 unspecified atom stereocenters. The molecule has 0 atom stereocenters. The number of hydrogen-bond donors (Lipinski definition) is 1. The van der Waals surface area contributed by atoms with E-state index in [0.29, 0.717) is 22.7 Å². The molecule has 3 rings (SSSR count).